The first-order valence-electron chi connectivity index (χ1n) is 8.35. The van der Waals surface area contributed by atoms with Gasteiger partial charge >= 0.3 is 0 Å². The molecule has 1 N–H and O–H groups in total. The molecular weight excluding hydrogens is 382 g/mol. The minimum absolute atomic E-state index is 0.478. The smallest absolute Gasteiger partial charge is 0.184 e. The van der Waals surface area contributed by atoms with Crippen molar-refractivity contribution in [1.82, 2.24) is 9.88 Å². The predicted molar refractivity (Wildman–Crippen MR) is 106 cm³/mol. The molecule has 1 atom stereocenters. The van der Waals surface area contributed by atoms with Gasteiger partial charge in [0, 0.05) is 23.6 Å². The van der Waals surface area contributed by atoms with Crippen LogP contribution in [-0.2, 0) is 6.54 Å². The number of benzene rings is 2. The zero-order valence-electron chi connectivity index (χ0n) is 13.4. The number of hydrogen-bond donors (Lipinski definition) is 1. The molecule has 1 aliphatic heterocycles. The molecule has 5 heteroatoms. The highest BCUT2D eigenvalue weighted by Gasteiger charge is 2.20. The third kappa shape index (κ3) is 3.79. The minimum Gasteiger partial charge on any atom is -0.357 e. The van der Waals surface area contributed by atoms with Gasteiger partial charge in [-0.25, -0.2) is 4.98 Å². The lowest BCUT2D eigenvalue weighted by atomic mass is 10.1. The minimum atomic E-state index is 0.478. The second-order valence-corrected chi connectivity index (χ2v) is 8.28. The summed E-state index contributed by atoms with van der Waals surface area (Å²) >= 11 is 5.27. The monoisotopic (exact) mass is 401 g/mol. The third-order valence-corrected chi connectivity index (χ3v) is 5.88. The van der Waals surface area contributed by atoms with E-state index in [1.165, 1.54) is 29.6 Å². The van der Waals surface area contributed by atoms with Crippen molar-refractivity contribution in [2.45, 2.75) is 25.4 Å². The molecular formula is C19H20BrN3S. The number of thiazole rings is 1. The van der Waals surface area contributed by atoms with Crippen molar-refractivity contribution in [3.05, 3.63) is 58.6 Å². The third-order valence-electron chi connectivity index (χ3n) is 4.43. The topological polar surface area (TPSA) is 28.2 Å². The second kappa shape index (κ2) is 7.21. The summed E-state index contributed by atoms with van der Waals surface area (Å²) in [4.78, 5) is 7.27. The number of hydrogen-bond acceptors (Lipinski definition) is 4. The number of rotatable bonds is 4. The maximum absolute atomic E-state index is 4.73. The highest BCUT2D eigenvalue weighted by molar-refractivity contribution is 9.10. The number of fused-ring (bicyclic) bond motifs is 1. The average Bonchev–Trinajstić information content (AvgIpc) is 2.97. The SMILES string of the molecule is Brc1ccc2nc(NC3CCCN(Cc4ccccc4)C3)sc2c1. The zero-order valence-corrected chi connectivity index (χ0v) is 15.8. The molecule has 1 saturated heterocycles. The van der Waals surface area contributed by atoms with E-state index in [1.54, 1.807) is 11.3 Å². The Morgan fingerprint density at radius 2 is 2.08 bits per heavy atom. The zero-order chi connectivity index (χ0) is 16.4. The van der Waals surface area contributed by atoms with Gasteiger partial charge in [-0.3, -0.25) is 4.90 Å². The molecule has 3 nitrogen and oxygen atoms in total. The van der Waals surface area contributed by atoms with E-state index in [0.717, 1.165) is 28.2 Å². The van der Waals surface area contributed by atoms with Gasteiger partial charge in [0.15, 0.2) is 5.13 Å². The first-order valence-corrected chi connectivity index (χ1v) is 9.96. The van der Waals surface area contributed by atoms with Crippen molar-refractivity contribution in [2.75, 3.05) is 18.4 Å². The largest absolute Gasteiger partial charge is 0.357 e. The standard InChI is InChI=1S/C19H20BrN3S/c20-15-8-9-17-18(11-15)24-19(22-17)21-16-7-4-10-23(13-16)12-14-5-2-1-3-6-14/h1-3,5-6,8-9,11,16H,4,7,10,12-13H2,(H,21,22). The maximum atomic E-state index is 4.73. The maximum Gasteiger partial charge on any atom is 0.184 e. The summed E-state index contributed by atoms with van der Waals surface area (Å²) < 4.78 is 2.33. The summed E-state index contributed by atoms with van der Waals surface area (Å²) in [5, 5.41) is 4.69. The summed E-state index contributed by atoms with van der Waals surface area (Å²) in [6.07, 6.45) is 2.45. The van der Waals surface area contributed by atoms with Gasteiger partial charge in [0.05, 0.1) is 10.2 Å². The lowest BCUT2D eigenvalue weighted by molar-refractivity contribution is 0.208. The van der Waals surface area contributed by atoms with Gasteiger partial charge in [-0.05, 0) is 43.1 Å². The normalized spacial score (nSPS) is 18.8. The van der Waals surface area contributed by atoms with Crippen LogP contribution >= 0.6 is 27.3 Å². The Labute approximate surface area is 154 Å². The van der Waals surface area contributed by atoms with Crippen molar-refractivity contribution in [2.24, 2.45) is 0 Å². The Kier molecular flexibility index (Phi) is 4.83. The lowest BCUT2D eigenvalue weighted by Gasteiger charge is -2.33. The Bertz CT molecular complexity index is 818. The van der Waals surface area contributed by atoms with Crippen molar-refractivity contribution in [1.29, 1.82) is 0 Å². The molecule has 24 heavy (non-hydrogen) atoms. The quantitative estimate of drug-likeness (QED) is 0.655. The van der Waals surface area contributed by atoms with Crippen LogP contribution in [0.4, 0.5) is 5.13 Å². The number of nitrogens with zero attached hydrogens (tertiary/aromatic N) is 2. The molecule has 1 fully saturated rings. The van der Waals surface area contributed by atoms with Crippen LogP contribution in [0.25, 0.3) is 10.2 Å². The van der Waals surface area contributed by atoms with Crippen molar-refractivity contribution in [3.8, 4) is 0 Å². The summed E-state index contributed by atoms with van der Waals surface area (Å²) in [5.74, 6) is 0. The summed E-state index contributed by atoms with van der Waals surface area (Å²) in [6, 6.07) is 17.5. The highest BCUT2D eigenvalue weighted by Crippen LogP contribution is 2.29. The van der Waals surface area contributed by atoms with Crippen LogP contribution < -0.4 is 5.32 Å². The number of piperidine rings is 1. The van der Waals surface area contributed by atoms with Gasteiger partial charge in [0.25, 0.3) is 0 Å². The molecule has 0 amide bonds. The number of nitrogens with one attached hydrogen (secondary N) is 1. The van der Waals surface area contributed by atoms with E-state index in [0.29, 0.717) is 6.04 Å². The molecule has 1 aliphatic rings. The van der Waals surface area contributed by atoms with Gasteiger partial charge in [-0.2, -0.15) is 0 Å². The van der Waals surface area contributed by atoms with E-state index in [1.807, 2.05) is 6.07 Å². The Morgan fingerprint density at radius 3 is 2.96 bits per heavy atom. The molecule has 0 spiro atoms. The fourth-order valence-corrected chi connectivity index (χ4v) is 4.79. The number of likely N-dealkylation sites (tertiary alicyclic amines) is 1. The van der Waals surface area contributed by atoms with E-state index in [4.69, 9.17) is 4.98 Å². The summed E-state index contributed by atoms with van der Waals surface area (Å²) in [6.45, 7) is 3.29. The lowest BCUT2D eigenvalue weighted by Crippen LogP contribution is -2.41. The van der Waals surface area contributed by atoms with Gasteiger partial charge in [0.1, 0.15) is 0 Å². The molecule has 124 valence electrons. The molecule has 0 radical (unpaired) electrons. The van der Waals surface area contributed by atoms with Gasteiger partial charge < -0.3 is 5.32 Å². The number of aromatic nitrogens is 1. The first kappa shape index (κ1) is 16.1. The van der Waals surface area contributed by atoms with Crippen LogP contribution in [0.5, 0.6) is 0 Å². The van der Waals surface area contributed by atoms with Crippen LogP contribution in [0.1, 0.15) is 18.4 Å². The van der Waals surface area contributed by atoms with Crippen LogP contribution in [0.3, 0.4) is 0 Å². The number of anilines is 1. The first-order chi connectivity index (χ1) is 11.8. The fourth-order valence-electron chi connectivity index (χ4n) is 3.29. The molecule has 3 aromatic rings. The van der Waals surface area contributed by atoms with Crippen LogP contribution in [0.2, 0.25) is 0 Å². The van der Waals surface area contributed by atoms with Crippen LogP contribution in [-0.4, -0.2) is 29.0 Å². The highest BCUT2D eigenvalue weighted by atomic mass is 79.9. The van der Waals surface area contributed by atoms with Gasteiger partial charge in [0.2, 0.25) is 0 Å². The van der Waals surface area contributed by atoms with Crippen molar-refractivity contribution >= 4 is 42.6 Å². The summed E-state index contributed by atoms with van der Waals surface area (Å²) in [5.41, 5.74) is 2.46. The van der Waals surface area contributed by atoms with E-state index >= 15 is 0 Å². The second-order valence-electron chi connectivity index (χ2n) is 6.34. The van der Waals surface area contributed by atoms with E-state index in [9.17, 15) is 0 Å². The molecule has 0 bridgehead atoms. The molecule has 4 rings (SSSR count). The fraction of sp³-hybridized carbons (Fsp3) is 0.316. The van der Waals surface area contributed by atoms with Crippen molar-refractivity contribution in [3.63, 3.8) is 0 Å². The Balaban J connectivity index is 1.42. The van der Waals surface area contributed by atoms with Crippen LogP contribution in [0.15, 0.2) is 53.0 Å². The average molecular weight is 402 g/mol. The van der Waals surface area contributed by atoms with E-state index in [-0.39, 0.29) is 0 Å². The van der Waals surface area contributed by atoms with Crippen LogP contribution in [0, 0.1) is 0 Å². The Morgan fingerprint density at radius 1 is 1.21 bits per heavy atom. The van der Waals surface area contributed by atoms with Gasteiger partial charge in [-0.1, -0.05) is 57.6 Å². The molecule has 1 aromatic heterocycles. The molecule has 2 aromatic carbocycles. The predicted octanol–water partition coefficient (Wildman–Crippen LogP) is 5.14. The molecule has 2 heterocycles. The molecule has 0 aliphatic carbocycles. The Hall–Kier alpha value is -1.43. The number of halogens is 1. The van der Waals surface area contributed by atoms with E-state index < -0.39 is 0 Å². The molecule has 0 saturated carbocycles. The van der Waals surface area contributed by atoms with E-state index in [2.05, 4.69) is 68.6 Å². The van der Waals surface area contributed by atoms with Gasteiger partial charge in [-0.15, -0.1) is 0 Å². The van der Waals surface area contributed by atoms with Crippen molar-refractivity contribution < 1.29 is 0 Å². The summed E-state index contributed by atoms with van der Waals surface area (Å²) in [7, 11) is 0. The molecule has 1 unspecified atom stereocenters.